The van der Waals surface area contributed by atoms with E-state index in [1.54, 1.807) is 6.07 Å². The van der Waals surface area contributed by atoms with E-state index in [0.29, 0.717) is 28.8 Å². The Morgan fingerprint density at radius 2 is 2.47 bits per heavy atom. The molecule has 2 aromatic rings. The van der Waals surface area contributed by atoms with E-state index in [1.807, 2.05) is 12.4 Å². The lowest BCUT2D eigenvalue weighted by Gasteiger charge is -2.27. The molecule has 0 bridgehead atoms. The molecular weight excluding hydrogens is 264 g/mol. The molecule has 19 heavy (non-hydrogen) atoms. The van der Waals surface area contributed by atoms with Crippen LogP contribution in [0, 0.1) is 11.3 Å². The van der Waals surface area contributed by atoms with Gasteiger partial charge in [-0.3, -0.25) is 0 Å². The predicted octanol–water partition coefficient (Wildman–Crippen LogP) is 1.67. The molecule has 0 N–H and O–H groups in total. The van der Waals surface area contributed by atoms with Gasteiger partial charge in [0, 0.05) is 13.1 Å². The third kappa shape index (κ3) is 2.38. The number of morpholine rings is 1. The highest BCUT2D eigenvalue weighted by atomic mass is 32.1. The molecule has 0 aliphatic carbocycles. The molecule has 0 radical (unpaired) electrons. The first kappa shape index (κ1) is 12.3. The van der Waals surface area contributed by atoms with Gasteiger partial charge in [0.2, 0.25) is 5.82 Å². The number of rotatable bonds is 2. The monoisotopic (exact) mass is 276 g/mol. The molecule has 0 aromatic carbocycles. The van der Waals surface area contributed by atoms with Crippen LogP contribution >= 0.6 is 11.3 Å². The van der Waals surface area contributed by atoms with Crippen LogP contribution < -0.4 is 0 Å². The lowest BCUT2D eigenvalue weighted by Crippen LogP contribution is -2.35. The maximum atomic E-state index is 8.99. The molecule has 1 atom stereocenters. The Bertz CT molecular complexity index is 615. The quantitative estimate of drug-likeness (QED) is 0.830. The molecule has 1 saturated heterocycles. The van der Waals surface area contributed by atoms with Gasteiger partial charge in [0.05, 0.1) is 12.2 Å². The second-order valence-corrected chi connectivity index (χ2v) is 5.27. The molecule has 3 rings (SSSR count). The molecule has 1 unspecified atom stereocenters. The van der Waals surface area contributed by atoms with E-state index in [1.165, 1.54) is 11.3 Å². The minimum atomic E-state index is -0.165. The molecule has 1 aliphatic heterocycles. The second kappa shape index (κ2) is 5.09. The molecular formula is C12H12N4O2S. The zero-order valence-electron chi connectivity index (χ0n) is 10.4. The molecule has 6 nitrogen and oxygen atoms in total. The zero-order valence-corrected chi connectivity index (χ0v) is 11.2. The van der Waals surface area contributed by atoms with Crippen molar-refractivity contribution in [2.24, 2.45) is 0 Å². The van der Waals surface area contributed by atoms with Crippen molar-refractivity contribution < 1.29 is 9.26 Å². The molecule has 1 fully saturated rings. The van der Waals surface area contributed by atoms with E-state index in [2.05, 4.69) is 21.1 Å². The minimum Gasteiger partial charge on any atom is -0.367 e. The van der Waals surface area contributed by atoms with Crippen LogP contribution in [0.25, 0.3) is 10.8 Å². The standard InChI is InChI=1S/C12H12N4O2S/c1-16-3-4-17-9(7-16)11-14-12(18-15-11)10-8(6-13)2-5-19-10/h2,5,9H,3-4,7H2,1H3. The van der Waals surface area contributed by atoms with Crippen LogP contribution in [-0.4, -0.2) is 41.8 Å². The van der Waals surface area contributed by atoms with Gasteiger partial charge in [-0.1, -0.05) is 5.16 Å². The average molecular weight is 276 g/mol. The fourth-order valence-corrected chi connectivity index (χ4v) is 2.72. The third-order valence-electron chi connectivity index (χ3n) is 2.98. The largest absolute Gasteiger partial charge is 0.367 e. The number of nitrogens with zero attached hydrogens (tertiary/aromatic N) is 4. The highest BCUT2D eigenvalue weighted by Gasteiger charge is 2.25. The molecule has 1 aliphatic rings. The number of thiophene rings is 1. The third-order valence-corrected chi connectivity index (χ3v) is 3.88. The van der Waals surface area contributed by atoms with Gasteiger partial charge in [-0.25, -0.2) is 0 Å². The van der Waals surface area contributed by atoms with E-state index in [0.717, 1.165) is 13.1 Å². The molecule has 98 valence electrons. The Labute approximate surface area is 114 Å². The SMILES string of the molecule is CN1CCOC(c2noc(-c3sccc3C#N)n2)C1. The summed E-state index contributed by atoms with van der Waals surface area (Å²) in [7, 11) is 2.03. The topological polar surface area (TPSA) is 75.2 Å². The number of hydrogen-bond donors (Lipinski definition) is 0. The van der Waals surface area contributed by atoms with Gasteiger partial charge in [0.1, 0.15) is 17.1 Å². The zero-order chi connectivity index (χ0) is 13.2. The minimum absolute atomic E-state index is 0.165. The van der Waals surface area contributed by atoms with Gasteiger partial charge >= 0.3 is 0 Å². The normalized spacial score (nSPS) is 20.3. The van der Waals surface area contributed by atoms with Gasteiger partial charge < -0.3 is 14.2 Å². The molecule has 0 amide bonds. The first-order valence-corrected chi connectivity index (χ1v) is 6.77. The van der Waals surface area contributed by atoms with E-state index in [4.69, 9.17) is 14.5 Å². The summed E-state index contributed by atoms with van der Waals surface area (Å²) in [4.78, 5) is 7.23. The molecule has 3 heterocycles. The highest BCUT2D eigenvalue weighted by molar-refractivity contribution is 7.13. The summed E-state index contributed by atoms with van der Waals surface area (Å²) in [6.45, 7) is 2.31. The Balaban J connectivity index is 1.85. The fourth-order valence-electron chi connectivity index (χ4n) is 1.95. The summed E-state index contributed by atoms with van der Waals surface area (Å²) in [5.41, 5.74) is 0.557. The maximum absolute atomic E-state index is 8.99. The fraction of sp³-hybridized carbons (Fsp3) is 0.417. The number of likely N-dealkylation sites (N-methyl/N-ethyl adjacent to an activating group) is 1. The van der Waals surface area contributed by atoms with Crippen LogP contribution in [0.2, 0.25) is 0 Å². The van der Waals surface area contributed by atoms with Gasteiger partial charge in [0.25, 0.3) is 5.89 Å². The second-order valence-electron chi connectivity index (χ2n) is 4.35. The number of hydrogen-bond acceptors (Lipinski definition) is 7. The average Bonchev–Trinajstić information content (AvgIpc) is 3.07. The summed E-state index contributed by atoms with van der Waals surface area (Å²) in [6.07, 6.45) is -0.165. The van der Waals surface area contributed by atoms with Crippen molar-refractivity contribution in [3.63, 3.8) is 0 Å². The van der Waals surface area contributed by atoms with Crippen LogP contribution in [0.4, 0.5) is 0 Å². The Morgan fingerprint density at radius 1 is 1.58 bits per heavy atom. The van der Waals surface area contributed by atoms with Crippen molar-refractivity contribution in [1.29, 1.82) is 5.26 Å². The van der Waals surface area contributed by atoms with E-state index in [-0.39, 0.29) is 6.10 Å². The first-order valence-electron chi connectivity index (χ1n) is 5.89. The van der Waals surface area contributed by atoms with Gasteiger partial charge in [-0.05, 0) is 18.5 Å². The van der Waals surface area contributed by atoms with Gasteiger partial charge in [-0.2, -0.15) is 10.2 Å². The van der Waals surface area contributed by atoms with E-state index >= 15 is 0 Å². The lowest BCUT2D eigenvalue weighted by molar-refractivity contribution is -0.0264. The van der Waals surface area contributed by atoms with Gasteiger partial charge in [0.15, 0.2) is 0 Å². The van der Waals surface area contributed by atoms with E-state index in [9.17, 15) is 0 Å². The summed E-state index contributed by atoms with van der Waals surface area (Å²) in [5, 5.41) is 14.8. The summed E-state index contributed by atoms with van der Waals surface area (Å²) in [5.74, 6) is 0.928. The smallest absolute Gasteiger partial charge is 0.269 e. The van der Waals surface area contributed by atoms with E-state index < -0.39 is 0 Å². The molecule has 2 aromatic heterocycles. The van der Waals surface area contributed by atoms with Crippen LogP contribution in [0.5, 0.6) is 0 Å². The van der Waals surface area contributed by atoms with Crippen molar-refractivity contribution in [3.05, 3.63) is 22.8 Å². The van der Waals surface area contributed by atoms with Gasteiger partial charge in [-0.15, -0.1) is 11.3 Å². The maximum Gasteiger partial charge on any atom is 0.269 e. The number of ether oxygens (including phenoxy) is 1. The van der Waals surface area contributed by atoms with Crippen LogP contribution in [-0.2, 0) is 4.74 Å². The molecule has 7 heteroatoms. The number of nitriles is 1. The molecule has 0 saturated carbocycles. The Kier molecular flexibility index (Phi) is 3.29. The van der Waals surface area contributed by atoms with Crippen molar-refractivity contribution in [2.45, 2.75) is 6.10 Å². The molecule has 0 spiro atoms. The summed E-state index contributed by atoms with van der Waals surface area (Å²) in [6, 6.07) is 3.86. The lowest BCUT2D eigenvalue weighted by atomic mass is 10.2. The van der Waals surface area contributed by atoms with Crippen molar-refractivity contribution in [2.75, 3.05) is 26.7 Å². The predicted molar refractivity (Wildman–Crippen MR) is 68.5 cm³/mol. The highest BCUT2D eigenvalue weighted by Crippen LogP contribution is 2.29. The van der Waals surface area contributed by atoms with Crippen LogP contribution in [0.15, 0.2) is 16.0 Å². The summed E-state index contributed by atoms with van der Waals surface area (Å²) < 4.78 is 10.9. The van der Waals surface area contributed by atoms with Crippen molar-refractivity contribution in [1.82, 2.24) is 15.0 Å². The Hall–Kier alpha value is -1.75. The van der Waals surface area contributed by atoms with Crippen molar-refractivity contribution >= 4 is 11.3 Å². The van der Waals surface area contributed by atoms with Crippen LogP contribution in [0.1, 0.15) is 17.5 Å². The summed E-state index contributed by atoms with van der Waals surface area (Å²) >= 11 is 1.42. The van der Waals surface area contributed by atoms with Crippen LogP contribution in [0.3, 0.4) is 0 Å². The van der Waals surface area contributed by atoms with Crippen molar-refractivity contribution in [3.8, 4) is 16.8 Å². The Morgan fingerprint density at radius 3 is 3.26 bits per heavy atom. The first-order chi connectivity index (χ1) is 9.28. The number of aromatic nitrogens is 2.